The lowest BCUT2D eigenvalue weighted by Gasteiger charge is -2.09. The highest BCUT2D eigenvalue weighted by Crippen LogP contribution is 2.40. The van der Waals surface area contributed by atoms with E-state index in [1.54, 1.807) is 19.1 Å². The molecular formula is C19H18FN5O3. The van der Waals surface area contributed by atoms with Crippen LogP contribution in [0.2, 0.25) is 0 Å². The second kappa shape index (κ2) is 7.26. The Morgan fingerprint density at radius 3 is 2.86 bits per heavy atom. The van der Waals surface area contributed by atoms with E-state index in [-0.39, 0.29) is 23.9 Å². The Labute approximate surface area is 159 Å². The first-order chi connectivity index (χ1) is 13.5. The smallest absolute Gasteiger partial charge is 0.263 e. The molecule has 1 aliphatic rings. The van der Waals surface area contributed by atoms with Gasteiger partial charge in [0.05, 0.1) is 5.69 Å². The van der Waals surface area contributed by atoms with Gasteiger partial charge in [-0.15, -0.1) is 0 Å². The maximum atomic E-state index is 13.6. The summed E-state index contributed by atoms with van der Waals surface area (Å²) in [4.78, 5) is 31.0. The number of benzene rings is 1. The van der Waals surface area contributed by atoms with Gasteiger partial charge in [0.1, 0.15) is 5.82 Å². The summed E-state index contributed by atoms with van der Waals surface area (Å²) in [5, 5.41) is 7.17. The predicted octanol–water partition coefficient (Wildman–Crippen LogP) is 2.30. The molecule has 4 rings (SSSR count). The molecule has 2 heterocycles. The van der Waals surface area contributed by atoms with Crippen LogP contribution in [-0.4, -0.2) is 32.3 Å². The highest BCUT2D eigenvalue weighted by molar-refractivity contribution is 5.91. The van der Waals surface area contributed by atoms with Gasteiger partial charge in [0.15, 0.2) is 18.2 Å². The van der Waals surface area contributed by atoms with Crippen molar-refractivity contribution in [2.45, 2.75) is 25.7 Å². The number of anilines is 1. The first-order valence-electron chi connectivity index (χ1n) is 8.85. The number of rotatable bonds is 6. The number of aryl methyl sites for hydroxylation is 1. The third-order valence-corrected chi connectivity index (χ3v) is 4.24. The Hall–Kier alpha value is -3.49. The Balaban J connectivity index is 1.55. The normalized spacial score (nSPS) is 13.4. The summed E-state index contributed by atoms with van der Waals surface area (Å²) in [7, 11) is 0. The van der Waals surface area contributed by atoms with E-state index in [2.05, 4.69) is 20.4 Å². The topological polar surface area (TPSA) is 102 Å². The minimum Gasteiger partial charge on any atom is -0.481 e. The summed E-state index contributed by atoms with van der Waals surface area (Å²) in [5.41, 5.74) is 1.03. The second-order valence-electron chi connectivity index (χ2n) is 6.62. The van der Waals surface area contributed by atoms with Crippen molar-refractivity contribution in [1.29, 1.82) is 0 Å². The van der Waals surface area contributed by atoms with E-state index < -0.39 is 11.7 Å². The monoisotopic (exact) mass is 383 g/mol. The van der Waals surface area contributed by atoms with Crippen molar-refractivity contribution in [3.05, 3.63) is 64.0 Å². The molecule has 1 aromatic carbocycles. The van der Waals surface area contributed by atoms with Crippen molar-refractivity contribution in [3.8, 4) is 11.7 Å². The number of aromatic nitrogens is 4. The highest BCUT2D eigenvalue weighted by Gasteiger charge is 2.28. The summed E-state index contributed by atoms with van der Waals surface area (Å²) in [6.07, 6.45) is 2.05. The number of hydrogen-bond donors (Lipinski definition) is 2. The van der Waals surface area contributed by atoms with Gasteiger partial charge in [-0.3, -0.25) is 14.6 Å². The Morgan fingerprint density at radius 2 is 2.14 bits per heavy atom. The van der Waals surface area contributed by atoms with E-state index in [0.717, 1.165) is 18.5 Å². The molecule has 0 unspecified atom stereocenters. The van der Waals surface area contributed by atoms with Gasteiger partial charge in [-0.2, -0.15) is 9.78 Å². The molecule has 1 aliphatic carbocycles. The molecule has 0 atom stereocenters. The van der Waals surface area contributed by atoms with Crippen molar-refractivity contribution < 1.29 is 13.9 Å². The first-order valence-corrected chi connectivity index (χ1v) is 8.85. The zero-order chi connectivity index (χ0) is 19.7. The van der Waals surface area contributed by atoms with Crippen LogP contribution in [0.15, 0.2) is 41.2 Å². The molecule has 2 aromatic heterocycles. The van der Waals surface area contributed by atoms with Crippen LogP contribution in [0.1, 0.15) is 30.1 Å². The quantitative estimate of drug-likeness (QED) is 0.680. The number of amides is 1. The molecule has 0 saturated heterocycles. The van der Waals surface area contributed by atoms with Crippen molar-refractivity contribution >= 4 is 11.7 Å². The van der Waals surface area contributed by atoms with Gasteiger partial charge in [-0.05, 0) is 31.9 Å². The Kier molecular flexibility index (Phi) is 4.64. The molecule has 0 spiro atoms. The second-order valence-corrected chi connectivity index (χ2v) is 6.62. The van der Waals surface area contributed by atoms with E-state index in [4.69, 9.17) is 4.74 Å². The van der Waals surface area contributed by atoms with Crippen molar-refractivity contribution in [3.63, 3.8) is 0 Å². The predicted molar refractivity (Wildman–Crippen MR) is 99.2 cm³/mol. The molecule has 28 heavy (non-hydrogen) atoms. The van der Waals surface area contributed by atoms with Crippen LogP contribution in [0.5, 0.6) is 5.75 Å². The number of para-hydroxylation sites is 1. The van der Waals surface area contributed by atoms with Gasteiger partial charge < -0.3 is 10.1 Å². The van der Waals surface area contributed by atoms with Crippen LogP contribution in [-0.2, 0) is 4.79 Å². The fourth-order valence-electron chi connectivity index (χ4n) is 2.78. The number of ether oxygens (including phenoxy) is 1. The first kappa shape index (κ1) is 17.9. The van der Waals surface area contributed by atoms with E-state index in [9.17, 15) is 14.0 Å². The molecule has 1 amide bonds. The van der Waals surface area contributed by atoms with Crippen LogP contribution in [0.3, 0.4) is 0 Å². The molecule has 0 bridgehead atoms. The molecule has 144 valence electrons. The van der Waals surface area contributed by atoms with Crippen molar-refractivity contribution in [2.75, 3.05) is 11.9 Å². The molecular weight excluding hydrogens is 365 g/mol. The molecule has 1 saturated carbocycles. The summed E-state index contributed by atoms with van der Waals surface area (Å²) in [5.74, 6) is -0.128. The number of aromatic amines is 1. The van der Waals surface area contributed by atoms with Crippen molar-refractivity contribution in [1.82, 2.24) is 19.7 Å². The molecule has 0 radical (unpaired) electrons. The number of carbonyl (C=O) groups is 1. The lowest BCUT2D eigenvalue weighted by molar-refractivity contribution is -0.118. The van der Waals surface area contributed by atoms with E-state index in [1.807, 2.05) is 0 Å². The molecule has 0 aliphatic heterocycles. The van der Waals surface area contributed by atoms with Gasteiger partial charge >= 0.3 is 0 Å². The zero-order valence-electron chi connectivity index (χ0n) is 15.1. The maximum absolute atomic E-state index is 13.6. The van der Waals surface area contributed by atoms with Crippen LogP contribution in [0.4, 0.5) is 10.2 Å². The van der Waals surface area contributed by atoms with Crippen molar-refractivity contribution in [2.24, 2.45) is 0 Å². The summed E-state index contributed by atoms with van der Waals surface area (Å²) in [6.45, 7) is 1.33. The number of halogens is 1. The van der Waals surface area contributed by atoms with Gasteiger partial charge in [-0.25, -0.2) is 9.37 Å². The largest absolute Gasteiger partial charge is 0.481 e. The lowest BCUT2D eigenvalue weighted by Crippen LogP contribution is -2.23. The van der Waals surface area contributed by atoms with Gasteiger partial charge in [-0.1, -0.05) is 12.1 Å². The average molecular weight is 383 g/mol. The van der Waals surface area contributed by atoms with Crippen LogP contribution < -0.4 is 15.6 Å². The standard InChI is InChI=1S/C19H18FN5O3/c1-11-8-17(26)23-19(21-11)25-16(9-14(24-25)12-6-7-12)22-18(27)10-28-15-5-3-2-4-13(15)20/h2-5,8-9,12H,6-7,10H2,1H3,(H,22,27)(H,21,23,26). The maximum Gasteiger partial charge on any atom is 0.263 e. The Bertz CT molecular complexity index is 1090. The number of hydrogen-bond acceptors (Lipinski definition) is 5. The van der Waals surface area contributed by atoms with Crippen LogP contribution in [0.25, 0.3) is 5.95 Å². The SMILES string of the molecule is Cc1cc(=O)[nH]c(-n2nc(C3CC3)cc2NC(=O)COc2ccccc2F)n1. The average Bonchev–Trinajstić information content (AvgIpc) is 3.41. The Morgan fingerprint density at radius 1 is 1.36 bits per heavy atom. The highest BCUT2D eigenvalue weighted by atomic mass is 19.1. The van der Waals surface area contributed by atoms with E-state index in [1.165, 1.54) is 28.9 Å². The third kappa shape index (κ3) is 3.93. The minimum absolute atomic E-state index is 0.00509. The number of nitrogens with zero attached hydrogens (tertiary/aromatic N) is 3. The fraction of sp³-hybridized carbons (Fsp3) is 0.263. The summed E-state index contributed by atoms with van der Waals surface area (Å²) < 4.78 is 20.2. The van der Waals surface area contributed by atoms with Crippen LogP contribution >= 0.6 is 0 Å². The molecule has 3 aromatic rings. The fourth-order valence-corrected chi connectivity index (χ4v) is 2.78. The third-order valence-electron chi connectivity index (χ3n) is 4.24. The number of carbonyl (C=O) groups excluding carboxylic acids is 1. The number of H-pyrrole nitrogens is 1. The van der Waals surface area contributed by atoms with Crippen LogP contribution in [0, 0.1) is 12.7 Å². The van der Waals surface area contributed by atoms with Gasteiger partial charge in [0.25, 0.3) is 11.5 Å². The van der Waals surface area contributed by atoms with E-state index in [0.29, 0.717) is 17.4 Å². The zero-order valence-corrected chi connectivity index (χ0v) is 15.1. The van der Waals surface area contributed by atoms with E-state index >= 15 is 0 Å². The van der Waals surface area contributed by atoms with Gasteiger partial charge in [0, 0.05) is 23.7 Å². The summed E-state index contributed by atoms with van der Waals surface area (Å²) in [6, 6.07) is 8.97. The lowest BCUT2D eigenvalue weighted by atomic mass is 10.3. The molecule has 1 fully saturated rings. The minimum atomic E-state index is -0.544. The van der Waals surface area contributed by atoms with Gasteiger partial charge in [0.2, 0.25) is 5.95 Å². The molecule has 2 N–H and O–H groups in total. The number of nitrogens with one attached hydrogen (secondary N) is 2. The molecule has 9 heteroatoms. The molecule has 8 nitrogen and oxygen atoms in total. The summed E-state index contributed by atoms with van der Waals surface area (Å²) >= 11 is 0.